The van der Waals surface area contributed by atoms with Gasteiger partial charge in [0.2, 0.25) is 0 Å². The number of rotatable bonds is 5. The van der Waals surface area contributed by atoms with Crippen molar-refractivity contribution in [3.63, 3.8) is 0 Å². The molecule has 2 atom stereocenters. The minimum Gasteiger partial charge on any atom is -0.497 e. The van der Waals surface area contributed by atoms with Crippen LogP contribution in [0.2, 0.25) is 0 Å². The van der Waals surface area contributed by atoms with Crippen molar-refractivity contribution in [2.24, 2.45) is 0 Å². The number of ether oxygens (including phenoxy) is 3. The molecule has 2 aromatic carbocycles. The number of benzene rings is 2. The molecule has 2 aliphatic heterocycles. The summed E-state index contributed by atoms with van der Waals surface area (Å²) in [5.41, 5.74) is 4.75. The monoisotopic (exact) mass is 397 g/mol. The highest BCUT2D eigenvalue weighted by Crippen LogP contribution is 2.37. The molecule has 0 spiro atoms. The van der Waals surface area contributed by atoms with Crippen LogP contribution in [0.3, 0.4) is 0 Å². The Balaban J connectivity index is 1.66. The van der Waals surface area contributed by atoms with Crippen LogP contribution >= 0.6 is 0 Å². The fraction of sp³-hybridized carbons (Fsp3) is 0.435. The molecular weight excluding hydrogens is 370 g/mol. The van der Waals surface area contributed by atoms with Crippen molar-refractivity contribution in [3.05, 3.63) is 58.1 Å². The lowest BCUT2D eigenvalue weighted by molar-refractivity contribution is -0.0528. The van der Waals surface area contributed by atoms with Crippen LogP contribution in [-0.4, -0.2) is 55.5 Å². The molecule has 2 unspecified atom stereocenters. The van der Waals surface area contributed by atoms with Crippen LogP contribution in [0.4, 0.5) is 0 Å². The zero-order valence-electron chi connectivity index (χ0n) is 17.1. The summed E-state index contributed by atoms with van der Waals surface area (Å²) in [6.07, 6.45) is 0.655. The van der Waals surface area contributed by atoms with Crippen LogP contribution in [0.1, 0.15) is 39.0 Å². The molecule has 6 heteroatoms. The third-order valence-electron chi connectivity index (χ3n) is 6.00. The molecule has 1 amide bonds. The van der Waals surface area contributed by atoms with Crippen LogP contribution in [0, 0.1) is 6.92 Å². The predicted molar refractivity (Wildman–Crippen MR) is 109 cm³/mol. The highest BCUT2D eigenvalue weighted by molar-refractivity contribution is 5.99. The largest absolute Gasteiger partial charge is 0.497 e. The van der Waals surface area contributed by atoms with Crippen molar-refractivity contribution >= 4 is 5.91 Å². The minimum absolute atomic E-state index is 0.0451. The average molecular weight is 397 g/mol. The van der Waals surface area contributed by atoms with E-state index in [2.05, 4.69) is 0 Å². The number of hydrogen-bond donors (Lipinski definition) is 1. The first-order chi connectivity index (χ1) is 14.0. The molecule has 29 heavy (non-hydrogen) atoms. The van der Waals surface area contributed by atoms with E-state index in [4.69, 9.17) is 14.2 Å². The Bertz CT molecular complexity index is 908. The van der Waals surface area contributed by atoms with Gasteiger partial charge in [0.15, 0.2) is 0 Å². The maximum absolute atomic E-state index is 13.2. The Morgan fingerprint density at radius 3 is 2.62 bits per heavy atom. The normalized spacial score (nSPS) is 21.2. The van der Waals surface area contributed by atoms with Crippen molar-refractivity contribution in [1.82, 2.24) is 4.90 Å². The first-order valence-corrected chi connectivity index (χ1v) is 9.92. The van der Waals surface area contributed by atoms with Crippen molar-refractivity contribution in [1.29, 1.82) is 0 Å². The Kier molecular flexibility index (Phi) is 5.48. The summed E-state index contributed by atoms with van der Waals surface area (Å²) >= 11 is 0. The first kappa shape index (κ1) is 19.7. The third-order valence-corrected chi connectivity index (χ3v) is 6.00. The summed E-state index contributed by atoms with van der Waals surface area (Å²) in [5, 5.41) is 10.4. The molecule has 4 rings (SSSR count). The van der Waals surface area contributed by atoms with E-state index in [-0.39, 0.29) is 11.9 Å². The first-order valence-electron chi connectivity index (χ1n) is 9.92. The topological polar surface area (TPSA) is 68.2 Å². The van der Waals surface area contributed by atoms with E-state index >= 15 is 0 Å². The SMILES string of the molecule is COc1ccc(Cc2cc3c(c(C)c2OC)CN(C2COCCC2O)C3=O)cc1. The average Bonchev–Trinajstić information content (AvgIpc) is 3.06. The molecule has 0 bridgehead atoms. The molecule has 1 N–H and O–H groups in total. The van der Waals surface area contributed by atoms with Gasteiger partial charge in [-0.25, -0.2) is 0 Å². The van der Waals surface area contributed by atoms with Gasteiger partial charge in [0.1, 0.15) is 11.5 Å². The Hall–Kier alpha value is -2.57. The molecule has 2 aromatic rings. The Morgan fingerprint density at radius 1 is 1.21 bits per heavy atom. The molecule has 1 saturated heterocycles. The molecule has 6 nitrogen and oxygen atoms in total. The highest BCUT2D eigenvalue weighted by atomic mass is 16.5. The van der Waals surface area contributed by atoms with Crippen LogP contribution in [0.5, 0.6) is 11.5 Å². The van der Waals surface area contributed by atoms with Crippen LogP contribution in [0.15, 0.2) is 30.3 Å². The summed E-state index contributed by atoms with van der Waals surface area (Å²) in [6, 6.07) is 9.54. The number of carbonyl (C=O) groups is 1. The predicted octanol–water partition coefficient (Wildman–Crippen LogP) is 2.71. The lowest BCUT2D eigenvalue weighted by atomic mass is 9.95. The van der Waals surface area contributed by atoms with Gasteiger partial charge in [-0.1, -0.05) is 12.1 Å². The van der Waals surface area contributed by atoms with Crippen molar-refractivity contribution in [2.45, 2.75) is 38.5 Å². The molecule has 2 heterocycles. The zero-order chi connectivity index (χ0) is 20.5. The molecule has 1 fully saturated rings. The van der Waals surface area contributed by atoms with E-state index in [1.807, 2.05) is 37.3 Å². The van der Waals surface area contributed by atoms with Crippen molar-refractivity contribution < 1.29 is 24.1 Å². The maximum Gasteiger partial charge on any atom is 0.254 e. The molecular formula is C23H27NO5. The lowest BCUT2D eigenvalue weighted by Crippen LogP contribution is -2.49. The summed E-state index contributed by atoms with van der Waals surface area (Å²) in [7, 11) is 3.31. The standard InChI is InChI=1S/C23H27NO5/c1-14-19-12-24(20-13-29-9-8-21(20)25)23(26)18(19)11-16(22(14)28-3)10-15-4-6-17(27-2)7-5-15/h4-7,11,20-21,25H,8-10,12-13H2,1-3H3. The van der Waals surface area contributed by atoms with Gasteiger partial charge in [0.05, 0.1) is 33.0 Å². The number of carbonyl (C=O) groups excluding carboxylic acids is 1. The van der Waals surface area contributed by atoms with E-state index in [0.29, 0.717) is 38.2 Å². The van der Waals surface area contributed by atoms with Gasteiger partial charge in [-0.05, 0) is 53.8 Å². The fourth-order valence-corrected chi connectivity index (χ4v) is 4.35. The highest BCUT2D eigenvalue weighted by Gasteiger charge is 2.39. The van der Waals surface area contributed by atoms with Gasteiger partial charge in [0, 0.05) is 25.1 Å². The number of aliphatic hydroxyl groups is 1. The molecule has 0 saturated carbocycles. The second kappa shape index (κ2) is 8.05. The van der Waals surface area contributed by atoms with Crippen LogP contribution < -0.4 is 9.47 Å². The van der Waals surface area contributed by atoms with Crippen molar-refractivity contribution in [2.75, 3.05) is 27.4 Å². The summed E-state index contributed by atoms with van der Waals surface area (Å²) in [5.74, 6) is 1.58. The number of nitrogens with zero attached hydrogens (tertiary/aromatic N) is 1. The smallest absolute Gasteiger partial charge is 0.254 e. The molecule has 2 aliphatic rings. The molecule has 0 aliphatic carbocycles. The number of fused-ring (bicyclic) bond motifs is 1. The van der Waals surface area contributed by atoms with E-state index in [9.17, 15) is 9.90 Å². The molecule has 0 aromatic heterocycles. The summed E-state index contributed by atoms with van der Waals surface area (Å²) in [6.45, 7) is 3.38. The van der Waals surface area contributed by atoms with Gasteiger partial charge in [0.25, 0.3) is 5.91 Å². The van der Waals surface area contributed by atoms with Crippen LogP contribution in [-0.2, 0) is 17.7 Å². The molecule has 0 radical (unpaired) electrons. The Morgan fingerprint density at radius 2 is 1.97 bits per heavy atom. The number of methoxy groups -OCH3 is 2. The lowest BCUT2D eigenvalue weighted by Gasteiger charge is -2.34. The number of amides is 1. The van der Waals surface area contributed by atoms with E-state index < -0.39 is 6.10 Å². The number of hydrogen-bond acceptors (Lipinski definition) is 5. The van der Waals surface area contributed by atoms with Gasteiger partial charge in [-0.15, -0.1) is 0 Å². The minimum atomic E-state index is -0.553. The van der Waals surface area contributed by atoms with Gasteiger partial charge in [-0.2, -0.15) is 0 Å². The van der Waals surface area contributed by atoms with E-state index in [1.165, 1.54) is 0 Å². The van der Waals surface area contributed by atoms with Gasteiger partial charge < -0.3 is 24.2 Å². The second-order valence-electron chi connectivity index (χ2n) is 7.68. The van der Waals surface area contributed by atoms with E-state index in [0.717, 1.165) is 33.8 Å². The van der Waals surface area contributed by atoms with Crippen LogP contribution in [0.25, 0.3) is 0 Å². The summed E-state index contributed by atoms with van der Waals surface area (Å²) in [4.78, 5) is 14.9. The second-order valence-corrected chi connectivity index (χ2v) is 7.68. The van der Waals surface area contributed by atoms with Gasteiger partial charge >= 0.3 is 0 Å². The summed E-state index contributed by atoms with van der Waals surface area (Å²) < 4.78 is 16.5. The fourth-order valence-electron chi connectivity index (χ4n) is 4.35. The molecule has 154 valence electrons. The maximum atomic E-state index is 13.2. The van der Waals surface area contributed by atoms with E-state index in [1.54, 1.807) is 19.1 Å². The number of aliphatic hydroxyl groups excluding tert-OH is 1. The zero-order valence-corrected chi connectivity index (χ0v) is 17.1. The third kappa shape index (κ3) is 3.58. The van der Waals surface area contributed by atoms with Gasteiger partial charge in [-0.3, -0.25) is 4.79 Å². The van der Waals surface area contributed by atoms with Crippen molar-refractivity contribution in [3.8, 4) is 11.5 Å². The quantitative estimate of drug-likeness (QED) is 0.840. The Labute approximate surface area is 171 Å².